The van der Waals surface area contributed by atoms with E-state index in [1.807, 2.05) is 0 Å². The van der Waals surface area contributed by atoms with Crippen molar-refractivity contribution >= 4 is 15.9 Å². The molecule has 0 amide bonds. The lowest BCUT2D eigenvalue weighted by Crippen LogP contribution is -2.17. The predicted octanol–water partition coefficient (Wildman–Crippen LogP) is 2.90. The van der Waals surface area contributed by atoms with Crippen molar-refractivity contribution in [2.45, 2.75) is 25.7 Å². The van der Waals surface area contributed by atoms with Crippen LogP contribution in [0.5, 0.6) is 0 Å². The molecule has 1 aliphatic rings. The van der Waals surface area contributed by atoms with Crippen LogP contribution in [0.4, 0.5) is 0 Å². The lowest BCUT2D eigenvalue weighted by molar-refractivity contribution is 0.433. The Kier molecular flexibility index (Phi) is 3.24. The second kappa shape index (κ2) is 4.45. The summed E-state index contributed by atoms with van der Waals surface area (Å²) in [6.07, 6.45) is 4.93. The van der Waals surface area contributed by atoms with Crippen molar-refractivity contribution in [3.05, 3.63) is 33.8 Å². The van der Waals surface area contributed by atoms with Gasteiger partial charge in [-0.15, -0.1) is 0 Å². The van der Waals surface area contributed by atoms with E-state index in [1.165, 1.54) is 41.3 Å². The Morgan fingerprint density at radius 1 is 1.36 bits per heavy atom. The number of rotatable bonds is 2. The number of hydrogen-bond acceptors (Lipinski definition) is 1. The van der Waals surface area contributed by atoms with Crippen molar-refractivity contribution < 1.29 is 0 Å². The van der Waals surface area contributed by atoms with Gasteiger partial charge in [-0.3, -0.25) is 0 Å². The second-order valence-electron chi connectivity index (χ2n) is 4.10. The highest BCUT2D eigenvalue weighted by molar-refractivity contribution is 9.10. The largest absolute Gasteiger partial charge is 0.330 e. The second-order valence-corrected chi connectivity index (χ2v) is 5.01. The Hall–Kier alpha value is -0.340. The van der Waals surface area contributed by atoms with Crippen LogP contribution in [0.15, 0.2) is 22.7 Å². The Labute approximate surface area is 93.8 Å². The first kappa shape index (κ1) is 10.2. The molecule has 0 aromatic heterocycles. The number of nitrogens with two attached hydrogens (primary N) is 1. The van der Waals surface area contributed by atoms with Crippen molar-refractivity contribution in [2.75, 3.05) is 6.54 Å². The van der Waals surface area contributed by atoms with Gasteiger partial charge in [-0.2, -0.15) is 0 Å². The van der Waals surface area contributed by atoms with E-state index in [0.29, 0.717) is 0 Å². The summed E-state index contributed by atoms with van der Waals surface area (Å²) in [6.45, 7) is 0.827. The molecule has 1 unspecified atom stereocenters. The molecule has 1 aromatic rings. The SMILES string of the molecule is NCCC1CCc2ccc(Br)cc2C1. The van der Waals surface area contributed by atoms with E-state index in [-0.39, 0.29) is 0 Å². The van der Waals surface area contributed by atoms with Crippen molar-refractivity contribution in [3.63, 3.8) is 0 Å². The van der Waals surface area contributed by atoms with Crippen LogP contribution >= 0.6 is 15.9 Å². The van der Waals surface area contributed by atoms with Gasteiger partial charge in [-0.1, -0.05) is 22.0 Å². The summed E-state index contributed by atoms with van der Waals surface area (Å²) in [7, 11) is 0. The fraction of sp³-hybridized carbons (Fsp3) is 0.500. The van der Waals surface area contributed by atoms with Gasteiger partial charge < -0.3 is 5.73 Å². The summed E-state index contributed by atoms with van der Waals surface area (Å²) in [6, 6.07) is 6.65. The van der Waals surface area contributed by atoms with Crippen molar-refractivity contribution in [1.29, 1.82) is 0 Å². The first-order valence-corrected chi connectivity index (χ1v) is 6.06. The zero-order chi connectivity index (χ0) is 9.97. The zero-order valence-corrected chi connectivity index (χ0v) is 9.89. The molecule has 14 heavy (non-hydrogen) atoms. The molecule has 0 aliphatic heterocycles. The smallest absolute Gasteiger partial charge is 0.0178 e. The van der Waals surface area contributed by atoms with Gasteiger partial charge in [0, 0.05) is 4.47 Å². The van der Waals surface area contributed by atoms with Crippen molar-refractivity contribution in [1.82, 2.24) is 0 Å². The summed E-state index contributed by atoms with van der Waals surface area (Å²) in [4.78, 5) is 0. The minimum absolute atomic E-state index is 0.807. The highest BCUT2D eigenvalue weighted by atomic mass is 79.9. The Morgan fingerprint density at radius 2 is 2.21 bits per heavy atom. The lowest BCUT2D eigenvalue weighted by Gasteiger charge is -2.24. The molecule has 1 atom stereocenters. The fourth-order valence-electron chi connectivity index (χ4n) is 2.28. The molecule has 0 radical (unpaired) electrons. The molecule has 0 bridgehead atoms. The number of aryl methyl sites for hydroxylation is 1. The van der Waals surface area contributed by atoms with Crippen LogP contribution in [0.2, 0.25) is 0 Å². The Bertz CT molecular complexity index is 322. The first-order chi connectivity index (χ1) is 6.79. The first-order valence-electron chi connectivity index (χ1n) is 5.27. The van der Waals surface area contributed by atoms with Gasteiger partial charge in [-0.05, 0) is 61.4 Å². The normalized spacial score (nSPS) is 20.6. The van der Waals surface area contributed by atoms with Gasteiger partial charge in [0.25, 0.3) is 0 Å². The molecule has 1 aliphatic carbocycles. The van der Waals surface area contributed by atoms with Crippen LogP contribution in [0, 0.1) is 5.92 Å². The molecule has 2 N–H and O–H groups in total. The minimum atomic E-state index is 0.807. The molecule has 0 spiro atoms. The molecule has 2 rings (SSSR count). The zero-order valence-electron chi connectivity index (χ0n) is 8.30. The van der Waals surface area contributed by atoms with Crippen molar-refractivity contribution in [3.8, 4) is 0 Å². The van der Waals surface area contributed by atoms with Crippen LogP contribution in [-0.4, -0.2) is 6.54 Å². The molecule has 1 nitrogen and oxygen atoms in total. The lowest BCUT2D eigenvalue weighted by atomic mass is 9.82. The topological polar surface area (TPSA) is 26.0 Å². The monoisotopic (exact) mass is 253 g/mol. The average molecular weight is 254 g/mol. The molecule has 0 heterocycles. The highest BCUT2D eigenvalue weighted by Crippen LogP contribution is 2.29. The van der Waals surface area contributed by atoms with Gasteiger partial charge in [0.1, 0.15) is 0 Å². The van der Waals surface area contributed by atoms with Crippen LogP contribution in [0.25, 0.3) is 0 Å². The van der Waals surface area contributed by atoms with Gasteiger partial charge in [0.2, 0.25) is 0 Å². The molecular formula is C12H16BrN. The summed E-state index contributed by atoms with van der Waals surface area (Å²) in [5, 5.41) is 0. The third kappa shape index (κ3) is 2.18. The molecule has 0 fully saturated rings. The molecule has 76 valence electrons. The maximum Gasteiger partial charge on any atom is 0.0178 e. The van der Waals surface area contributed by atoms with Crippen LogP contribution < -0.4 is 5.73 Å². The Morgan fingerprint density at radius 3 is 3.00 bits per heavy atom. The van der Waals surface area contributed by atoms with Gasteiger partial charge in [0.05, 0.1) is 0 Å². The van der Waals surface area contributed by atoms with E-state index >= 15 is 0 Å². The average Bonchev–Trinajstić information content (AvgIpc) is 2.17. The summed E-state index contributed by atoms with van der Waals surface area (Å²) in [5.41, 5.74) is 8.65. The van der Waals surface area contributed by atoms with Gasteiger partial charge >= 0.3 is 0 Å². The van der Waals surface area contributed by atoms with E-state index in [9.17, 15) is 0 Å². The number of fused-ring (bicyclic) bond motifs is 1. The van der Waals surface area contributed by atoms with Crippen LogP contribution in [0.1, 0.15) is 24.0 Å². The number of hydrogen-bond donors (Lipinski definition) is 1. The van der Waals surface area contributed by atoms with E-state index in [0.717, 1.165) is 12.5 Å². The van der Waals surface area contributed by atoms with Gasteiger partial charge in [-0.25, -0.2) is 0 Å². The van der Waals surface area contributed by atoms with Crippen LogP contribution in [-0.2, 0) is 12.8 Å². The number of benzene rings is 1. The third-order valence-corrected chi connectivity index (χ3v) is 3.57. The fourth-order valence-corrected chi connectivity index (χ4v) is 2.69. The molecule has 1 aromatic carbocycles. The maximum absolute atomic E-state index is 5.60. The van der Waals surface area contributed by atoms with E-state index in [4.69, 9.17) is 5.73 Å². The quantitative estimate of drug-likeness (QED) is 0.862. The third-order valence-electron chi connectivity index (χ3n) is 3.07. The van der Waals surface area contributed by atoms with E-state index < -0.39 is 0 Å². The predicted molar refractivity (Wildman–Crippen MR) is 63.3 cm³/mol. The summed E-state index contributed by atoms with van der Waals surface area (Å²) < 4.78 is 1.20. The molecule has 2 heteroatoms. The number of halogens is 1. The summed E-state index contributed by atoms with van der Waals surface area (Å²) in [5.74, 6) is 0.807. The maximum atomic E-state index is 5.60. The highest BCUT2D eigenvalue weighted by Gasteiger charge is 2.17. The molecule has 0 saturated carbocycles. The minimum Gasteiger partial charge on any atom is -0.330 e. The van der Waals surface area contributed by atoms with Gasteiger partial charge in [0.15, 0.2) is 0 Å². The van der Waals surface area contributed by atoms with Crippen LogP contribution in [0.3, 0.4) is 0 Å². The summed E-state index contributed by atoms with van der Waals surface area (Å²) >= 11 is 3.52. The standard InChI is InChI=1S/C12H16BrN/c13-12-4-3-10-2-1-9(5-6-14)7-11(10)8-12/h3-4,8-9H,1-2,5-7,14H2. The van der Waals surface area contributed by atoms with E-state index in [1.54, 1.807) is 0 Å². The molecular weight excluding hydrogens is 238 g/mol. The Balaban J connectivity index is 2.16. The molecule has 0 saturated heterocycles. The van der Waals surface area contributed by atoms with Crippen molar-refractivity contribution in [2.24, 2.45) is 11.7 Å². The van der Waals surface area contributed by atoms with E-state index in [2.05, 4.69) is 34.1 Å².